The highest BCUT2D eigenvalue weighted by molar-refractivity contribution is 5.14. The van der Waals surface area contributed by atoms with Crippen LogP contribution < -0.4 is 5.32 Å². The van der Waals surface area contributed by atoms with E-state index in [4.69, 9.17) is 0 Å². The molecule has 20 heavy (non-hydrogen) atoms. The fourth-order valence-corrected chi connectivity index (χ4v) is 4.71. The molecule has 0 radical (unpaired) electrons. The summed E-state index contributed by atoms with van der Waals surface area (Å²) >= 11 is 0. The van der Waals surface area contributed by atoms with Crippen LogP contribution in [-0.2, 0) is 6.54 Å². The zero-order valence-corrected chi connectivity index (χ0v) is 12.3. The number of nitrogens with one attached hydrogen (secondary N) is 1. The average Bonchev–Trinajstić information content (AvgIpc) is 3.17. The summed E-state index contributed by atoms with van der Waals surface area (Å²) in [5.74, 6) is 2.06. The molecule has 4 rings (SSSR count). The molecule has 3 fully saturated rings. The minimum atomic E-state index is 0.739. The second-order valence-corrected chi connectivity index (χ2v) is 7.15. The van der Waals surface area contributed by atoms with E-state index >= 15 is 0 Å². The second kappa shape index (κ2) is 5.50. The minimum absolute atomic E-state index is 0.739. The Morgan fingerprint density at radius 1 is 1.05 bits per heavy atom. The van der Waals surface area contributed by atoms with Gasteiger partial charge in [0.2, 0.25) is 0 Å². The van der Waals surface area contributed by atoms with Crippen LogP contribution in [0.25, 0.3) is 0 Å². The number of rotatable bonds is 4. The molecule has 2 aliphatic carbocycles. The zero-order chi connectivity index (χ0) is 13.4. The van der Waals surface area contributed by atoms with Crippen LogP contribution in [0.2, 0.25) is 0 Å². The van der Waals surface area contributed by atoms with Crippen molar-refractivity contribution in [1.82, 2.24) is 10.2 Å². The van der Waals surface area contributed by atoms with Crippen LogP contribution >= 0.6 is 0 Å². The zero-order valence-electron chi connectivity index (χ0n) is 12.3. The molecule has 1 saturated heterocycles. The van der Waals surface area contributed by atoms with E-state index in [-0.39, 0.29) is 0 Å². The number of fused-ring (bicyclic) bond motifs is 2. The van der Waals surface area contributed by atoms with Crippen molar-refractivity contribution >= 4 is 0 Å². The maximum Gasteiger partial charge on any atom is 0.0234 e. The van der Waals surface area contributed by atoms with Gasteiger partial charge in [0.25, 0.3) is 0 Å². The Balaban J connectivity index is 1.28. The van der Waals surface area contributed by atoms with Crippen molar-refractivity contribution in [2.24, 2.45) is 11.8 Å². The number of hydrogen-bond acceptors (Lipinski definition) is 2. The first-order valence-electron chi connectivity index (χ1n) is 8.39. The lowest BCUT2D eigenvalue weighted by atomic mass is 9.94. The van der Waals surface area contributed by atoms with Gasteiger partial charge in [0.1, 0.15) is 0 Å². The smallest absolute Gasteiger partial charge is 0.0234 e. The predicted molar refractivity (Wildman–Crippen MR) is 82.5 cm³/mol. The van der Waals surface area contributed by atoms with Crippen LogP contribution in [-0.4, -0.2) is 30.1 Å². The maximum atomic E-state index is 3.98. The molecule has 108 valence electrons. The van der Waals surface area contributed by atoms with Crippen molar-refractivity contribution < 1.29 is 0 Å². The molecule has 0 amide bonds. The highest BCUT2D eigenvalue weighted by Crippen LogP contribution is 2.44. The number of benzene rings is 1. The molecule has 4 unspecified atom stereocenters. The van der Waals surface area contributed by atoms with E-state index in [2.05, 4.69) is 40.5 Å². The van der Waals surface area contributed by atoms with Gasteiger partial charge in [0.15, 0.2) is 0 Å². The van der Waals surface area contributed by atoms with Crippen LogP contribution in [0.5, 0.6) is 0 Å². The normalized spacial score (nSPS) is 36.8. The summed E-state index contributed by atoms with van der Waals surface area (Å²) in [5, 5.41) is 3.98. The molecular formula is C18H26N2. The Kier molecular flexibility index (Phi) is 3.53. The Morgan fingerprint density at radius 2 is 1.95 bits per heavy atom. The van der Waals surface area contributed by atoms with E-state index in [1.54, 1.807) is 0 Å². The molecule has 1 aliphatic heterocycles. The van der Waals surface area contributed by atoms with E-state index < -0.39 is 0 Å². The van der Waals surface area contributed by atoms with Gasteiger partial charge < -0.3 is 5.32 Å². The standard InChI is InChI=1S/C18H26N2/c1-2-4-14(5-3-1)12-20-9-8-17(13-20)19-18-11-15-6-7-16(18)10-15/h1-5,15-19H,6-13H2. The molecule has 1 aromatic carbocycles. The summed E-state index contributed by atoms with van der Waals surface area (Å²) in [4.78, 5) is 2.61. The summed E-state index contributed by atoms with van der Waals surface area (Å²) in [6.45, 7) is 3.62. The monoisotopic (exact) mass is 270 g/mol. The molecule has 2 heteroatoms. The third-order valence-electron chi connectivity index (χ3n) is 5.71. The van der Waals surface area contributed by atoms with Crippen molar-refractivity contribution in [3.05, 3.63) is 35.9 Å². The predicted octanol–water partition coefficient (Wildman–Crippen LogP) is 3.04. The molecule has 2 bridgehead atoms. The Hall–Kier alpha value is -0.860. The first-order valence-corrected chi connectivity index (χ1v) is 8.39. The molecule has 2 nitrogen and oxygen atoms in total. The fourth-order valence-electron chi connectivity index (χ4n) is 4.71. The van der Waals surface area contributed by atoms with Gasteiger partial charge in [-0.15, -0.1) is 0 Å². The Bertz CT molecular complexity index is 444. The molecule has 1 aromatic rings. The topological polar surface area (TPSA) is 15.3 Å². The van der Waals surface area contributed by atoms with Crippen molar-refractivity contribution in [3.8, 4) is 0 Å². The maximum absolute atomic E-state index is 3.98. The van der Waals surface area contributed by atoms with E-state index in [0.29, 0.717) is 0 Å². The van der Waals surface area contributed by atoms with E-state index in [1.165, 1.54) is 50.8 Å². The van der Waals surface area contributed by atoms with Crippen LogP contribution in [0, 0.1) is 11.8 Å². The van der Waals surface area contributed by atoms with Crippen LogP contribution in [0.1, 0.15) is 37.7 Å². The number of hydrogen-bond donors (Lipinski definition) is 1. The van der Waals surface area contributed by atoms with Crippen LogP contribution in [0.3, 0.4) is 0 Å². The van der Waals surface area contributed by atoms with Crippen LogP contribution in [0.4, 0.5) is 0 Å². The van der Waals surface area contributed by atoms with Crippen molar-refractivity contribution in [2.75, 3.05) is 13.1 Å². The van der Waals surface area contributed by atoms with Gasteiger partial charge in [-0.05, 0) is 43.1 Å². The number of nitrogens with zero attached hydrogens (tertiary/aromatic N) is 1. The second-order valence-electron chi connectivity index (χ2n) is 7.15. The van der Waals surface area contributed by atoms with Crippen molar-refractivity contribution in [3.63, 3.8) is 0 Å². The highest BCUT2D eigenvalue weighted by Gasteiger charge is 2.40. The summed E-state index contributed by atoms with van der Waals surface area (Å²) < 4.78 is 0. The summed E-state index contributed by atoms with van der Waals surface area (Å²) in [5.41, 5.74) is 1.45. The van der Waals surface area contributed by atoms with E-state index in [1.807, 2.05) is 0 Å². The van der Waals surface area contributed by atoms with Crippen LogP contribution in [0.15, 0.2) is 30.3 Å². The summed E-state index contributed by atoms with van der Waals surface area (Å²) in [6.07, 6.45) is 7.30. The highest BCUT2D eigenvalue weighted by atomic mass is 15.2. The SMILES string of the molecule is c1ccc(CN2CCC(NC3CC4CCC3C4)C2)cc1. The van der Waals surface area contributed by atoms with Gasteiger partial charge >= 0.3 is 0 Å². The van der Waals surface area contributed by atoms with Gasteiger partial charge in [-0.3, -0.25) is 4.90 Å². The molecule has 1 heterocycles. The van der Waals surface area contributed by atoms with Gasteiger partial charge in [-0.2, -0.15) is 0 Å². The first-order chi connectivity index (χ1) is 9.87. The molecular weight excluding hydrogens is 244 g/mol. The van der Waals surface area contributed by atoms with Gasteiger partial charge in [0, 0.05) is 31.7 Å². The molecule has 0 aromatic heterocycles. The molecule has 2 saturated carbocycles. The lowest BCUT2D eigenvalue weighted by Gasteiger charge is -2.26. The lowest BCUT2D eigenvalue weighted by molar-refractivity contribution is 0.290. The summed E-state index contributed by atoms with van der Waals surface area (Å²) in [6, 6.07) is 12.5. The molecule has 1 N–H and O–H groups in total. The number of likely N-dealkylation sites (tertiary alicyclic amines) is 1. The molecule has 3 aliphatic rings. The Labute approximate surface area is 122 Å². The quantitative estimate of drug-likeness (QED) is 0.904. The minimum Gasteiger partial charge on any atom is -0.310 e. The fraction of sp³-hybridized carbons (Fsp3) is 0.667. The van der Waals surface area contributed by atoms with Gasteiger partial charge in [0.05, 0.1) is 0 Å². The third kappa shape index (κ3) is 2.64. The summed E-state index contributed by atoms with van der Waals surface area (Å²) in [7, 11) is 0. The average molecular weight is 270 g/mol. The molecule has 0 spiro atoms. The van der Waals surface area contributed by atoms with Crippen molar-refractivity contribution in [1.29, 1.82) is 0 Å². The van der Waals surface area contributed by atoms with E-state index in [0.717, 1.165) is 30.5 Å². The van der Waals surface area contributed by atoms with E-state index in [9.17, 15) is 0 Å². The van der Waals surface area contributed by atoms with Gasteiger partial charge in [-0.1, -0.05) is 36.8 Å². The van der Waals surface area contributed by atoms with Crippen molar-refractivity contribution in [2.45, 2.75) is 50.7 Å². The first kappa shape index (κ1) is 12.8. The Morgan fingerprint density at radius 3 is 2.70 bits per heavy atom. The lowest BCUT2D eigenvalue weighted by Crippen LogP contribution is -2.42. The van der Waals surface area contributed by atoms with Gasteiger partial charge in [-0.25, -0.2) is 0 Å². The largest absolute Gasteiger partial charge is 0.310 e. The molecule has 4 atom stereocenters. The third-order valence-corrected chi connectivity index (χ3v) is 5.71.